The first kappa shape index (κ1) is 14.8. The third-order valence-corrected chi connectivity index (χ3v) is 3.26. The van der Waals surface area contributed by atoms with Crippen LogP contribution in [0.2, 0.25) is 0 Å². The van der Waals surface area contributed by atoms with Crippen LogP contribution in [0.1, 0.15) is 24.0 Å². The first-order valence-electron chi connectivity index (χ1n) is 7.17. The van der Waals surface area contributed by atoms with Crippen molar-refractivity contribution in [2.45, 2.75) is 12.8 Å². The molecule has 2 nitrogen and oxygen atoms in total. The van der Waals surface area contributed by atoms with E-state index < -0.39 is 0 Å². The maximum absolute atomic E-state index is 5.78. The first-order chi connectivity index (χ1) is 9.92. The molecule has 0 saturated heterocycles. The Morgan fingerprint density at radius 2 is 1.25 bits per heavy atom. The lowest BCUT2D eigenvalue weighted by Crippen LogP contribution is -2.12. The van der Waals surface area contributed by atoms with Gasteiger partial charge < -0.3 is 9.47 Å². The van der Waals surface area contributed by atoms with Crippen molar-refractivity contribution in [3.05, 3.63) is 71.8 Å². The lowest BCUT2D eigenvalue weighted by molar-refractivity contribution is 0.0500. The second-order valence-electron chi connectivity index (χ2n) is 4.65. The molecule has 0 saturated carbocycles. The van der Waals surface area contributed by atoms with Crippen molar-refractivity contribution in [1.82, 2.24) is 0 Å². The van der Waals surface area contributed by atoms with Gasteiger partial charge in [-0.1, -0.05) is 60.7 Å². The van der Waals surface area contributed by atoms with E-state index in [2.05, 4.69) is 48.5 Å². The molecule has 0 aliphatic carbocycles. The number of benzene rings is 2. The predicted octanol–water partition coefficient (Wildman–Crippen LogP) is 3.87. The lowest BCUT2D eigenvalue weighted by Gasteiger charge is -2.18. The van der Waals surface area contributed by atoms with E-state index in [1.807, 2.05) is 19.1 Å². The molecule has 0 bridgehead atoms. The molecule has 2 aromatic rings. The van der Waals surface area contributed by atoms with E-state index in [0.717, 1.165) is 6.61 Å². The number of hydrogen-bond acceptors (Lipinski definition) is 2. The Labute approximate surface area is 121 Å². The average molecular weight is 270 g/mol. The molecule has 20 heavy (non-hydrogen) atoms. The fourth-order valence-electron chi connectivity index (χ4n) is 2.22. The van der Waals surface area contributed by atoms with E-state index >= 15 is 0 Å². The molecule has 0 aliphatic rings. The van der Waals surface area contributed by atoms with Crippen molar-refractivity contribution < 1.29 is 9.47 Å². The van der Waals surface area contributed by atoms with E-state index in [9.17, 15) is 0 Å². The van der Waals surface area contributed by atoms with Gasteiger partial charge in [0.05, 0.1) is 19.8 Å². The summed E-state index contributed by atoms with van der Waals surface area (Å²) < 4.78 is 11.1. The molecule has 0 aliphatic heterocycles. The molecule has 2 aromatic carbocycles. The standard InChI is InChI=1S/C18H22O2/c1-2-19-13-14-20-15-18(16-9-5-3-6-10-16)17-11-7-4-8-12-17/h3-12,18H,2,13-15H2,1H3. The molecule has 0 atom stereocenters. The molecule has 0 N–H and O–H groups in total. The van der Waals surface area contributed by atoms with E-state index in [-0.39, 0.29) is 5.92 Å². The number of rotatable bonds is 8. The smallest absolute Gasteiger partial charge is 0.0700 e. The van der Waals surface area contributed by atoms with Crippen LogP contribution in [0.25, 0.3) is 0 Å². The normalized spacial score (nSPS) is 10.9. The van der Waals surface area contributed by atoms with Crippen LogP contribution < -0.4 is 0 Å². The van der Waals surface area contributed by atoms with Gasteiger partial charge in [-0.2, -0.15) is 0 Å². The van der Waals surface area contributed by atoms with Gasteiger partial charge in [0.15, 0.2) is 0 Å². The maximum atomic E-state index is 5.78. The molecule has 2 rings (SSSR count). The predicted molar refractivity (Wildman–Crippen MR) is 82.0 cm³/mol. The van der Waals surface area contributed by atoms with Gasteiger partial charge >= 0.3 is 0 Å². The molecule has 0 unspecified atom stereocenters. The maximum Gasteiger partial charge on any atom is 0.0700 e. The minimum atomic E-state index is 0.277. The summed E-state index contributed by atoms with van der Waals surface area (Å²) in [4.78, 5) is 0. The highest BCUT2D eigenvalue weighted by atomic mass is 16.5. The van der Waals surface area contributed by atoms with Crippen molar-refractivity contribution in [3.8, 4) is 0 Å². The monoisotopic (exact) mass is 270 g/mol. The summed E-state index contributed by atoms with van der Waals surface area (Å²) in [5.41, 5.74) is 2.57. The van der Waals surface area contributed by atoms with Gasteiger partial charge in [0.2, 0.25) is 0 Å². The Morgan fingerprint density at radius 1 is 0.750 bits per heavy atom. The lowest BCUT2D eigenvalue weighted by atomic mass is 9.92. The molecule has 0 spiro atoms. The van der Waals surface area contributed by atoms with E-state index in [1.165, 1.54) is 11.1 Å². The summed E-state index contributed by atoms with van der Waals surface area (Å²) in [6.45, 7) is 4.72. The fourth-order valence-corrected chi connectivity index (χ4v) is 2.22. The van der Waals surface area contributed by atoms with Crippen LogP contribution >= 0.6 is 0 Å². The summed E-state index contributed by atoms with van der Waals surface area (Å²) >= 11 is 0. The summed E-state index contributed by atoms with van der Waals surface area (Å²) in [5.74, 6) is 0.277. The minimum absolute atomic E-state index is 0.277. The van der Waals surface area contributed by atoms with Crippen molar-refractivity contribution >= 4 is 0 Å². The van der Waals surface area contributed by atoms with Crippen molar-refractivity contribution in [1.29, 1.82) is 0 Å². The molecule has 0 amide bonds. The van der Waals surface area contributed by atoms with Crippen molar-refractivity contribution in [2.24, 2.45) is 0 Å². The average Bonchev–Trinajstić information content (AvgIpc) is 2.53. The Balaban J connectivity index is 2.02. The number of ether oxygens (including phenoxy) is 2. The van der Waals surface area contributed by atoms with Crippen LogP contribution in [0.5, 0.6) is 0 Å². The first-order valence-corrected chi connectivity index (χ1v) is 7.17. The van der Waals surface area contributed by atoms with Gasteiger partial charge in [-0.25, -0.2) is 0 Å². The molecular formula is C18H22O2. The second kappa shape index (κ2) is 8.51. The Hall–Kier alpha value is -1.64. The highest BCUT2D eigenvalue weighted by molar-refractivity contribution is 5.32. The van der Waals surface area contributed by atoms with Gasteiger partial charge in [-0.15, -0.1) is 0 Å². The Morgan fingerprint density at radius 3 is 1.75 bits per heavy atom. The molecular weight excluding hydrogens is 248 g/mol. The van der Waals surface area contributed by atoms with Crippen molar-refractivity contribution in [2.75, 3.05) is 26.4 Å². The highest BCUT2D eigenvalue weighted by Gasteiger charge is 2.13. The zero-order valence-electron chi connectivity index (χ0n) is 12.0. The van der Waals surface area contributed by atoms with Gasteiger partial charge in [-0.3, -0.25) is 0 Å². The summed E-state index contributed by atoms with van der Waals surface area (Å²) in [6.07, 6.45) is 0. The third-order valence-electron chi connectivity index (χ3n) is 3.26. The van der Waals surface area contributed by atoms with Gasteiger partial charge in [0.25, 0.3) is 0 Å². The van der Waals surface area contributed by atoms with E-state index in [0.29, 0.717) is 19.8 Å². The molecule has 0 aromatic heterocycles. The topological polar surface area (TPSA) is 18.5 Å². The second-order valence-corrected chi connectivity index (χ2v) is 4.65. The molecule has 2 heteroatoms. The zero-order chi connectivity index (χ0) is 14.0. The summed E-state index contributed by atoms with van der Waals surface area (Å²) in [7, 11) is 0. The zero-order valence-corrected chi connectivity index (χ0v) is 12.0. The highest BCUT2D eigenvalue weighted by Crippen LogP contribution is 2.24. The van der Waals surface area contributed by atoms with Gasteiger partial charge in [-0.05, 0) is 18.1 Å². The number of hydrogen-bond donors (Lipinski definition) is 0. The fraction of sp³-hybridized carbons (Fsp3) is 0.333. The van der Waals surface area contributed by atoms with E-state index in [4.69, 9.17) is 9.47 Å². The summed E-state index contributed by atoms with van der Waals surface area (Å²) in [5, 5.41) is 0. The molecule has 0 fully saturated rings. The Bertz CT molecular complexity index is 428. The summed E-state index contributed by atoms with van der Waals surface area (Å²) in [6, 6.07) is 21.0. The van der Waals surface area contributed by atoms with E-state index in [1.54, 1.807) is 0 Å². The van der Waals surface area contributed by atoms with Crippen molar-refractivity contribution in [3.63, 3.8) is 0 Å². The third kappa shape index (κ3) is 4.48. The molecule has 0 radical (unpaired) electrons. The largest absolute Gasteiger partial charge is 0.379 e. The van der Waals surface area contributed by atoms with Crippen LogP contribution in [-0.2, 0) is 9.47 Å². The van der Waals surface area contributed by atoms with Crippen LogP contribution in [-0.4, -0.2) is 26.4 Å². The van der Waals surface area contributed by atoms with Crippen LogP contribution in [0.4, 0.5) is 0 Å². The Kier molecular flexibility index (Phi) is 6.28. The SMILES string of the molecule is CCOCCOCC(c1ccccc1)c1ccccc1. The quantitative estimate of drug-likeness (QED) is 0.678. The van der Waals surface area contributed by atoms with Crippen LogP contribution in [0, 0.1) is 0 Å². The molecule has 0 heterocycles. The van der Waals surface area contributed by atoms with Gasteiger partial charge in [0.1, 0.15) is 0 Å². The molecule has 106 valence electrons. The van der Waals surface area contributed by atoms with Gasteiger partial charge in [0, 0.05) is 12.5 Å². The van der Waals surface area contributed by atoms with Crippen LogP contribution in [0.3, 0.4) is 0 Å². The van der Waals surface area contributed by atoms with Crippen LogP contribution in [0.15, 0.2) is 60.7 Å². The minimum Gasteiger partial charge on any atom is -0.379 e.